The van der Waals surface area contributed by atoms with E-state index in [9.17, 15) is 0 Å². The van der Waals surface area contributed by atoms with Crippen molar-refractivity contribution < 1.29 is 0 Å². The summed E-state index contributed by atoms with van der Waals surface area (Å²) in [6, 6.07) is 12.0. The number of benzene rings is 1. The van der Waals surface area contributed by atoms with Crippen LogP contribution < -0.4 is 5.73 Å². The van der Waals surface area contributed by atoms with Gasteiger partial charge in [0.25, 0.3) is 0 Å². The Balaban J connectivity index is 2.20. The third-order valence-corrected chi connectivity index (χ3v) is 2.85. The highest BCUT2D eigenvalue weighted by atomic mass is 35.5. The van der Waals surface area contributed by atoms with Gasteiger partial charge in [0.2, 0.25) is 0 Å². The third kappa shape index (κ3) is 2.46. The fraction of sp³-hybridized carbons (Fsp3) is 0.231. The molecule has 0 aliphatic carbocycles. The summed E-state index contributed by atoms with van der Waals surface area (Å²) in [5.74, 6) is 0. The van der Waals surface area contributed by atoms with Gasteiger partial charge < -0.3 is 10.3 Å². The van der Waals surface area contributed by atoms with Gasteiger partial charge in [-0.15, -0.1) is 0 Å². The highest BCUT2D eigenvalue weighted by molar-refractivity contribution is 6.30. The first-order valence-corrected chi connectivity index (χ1v) is 5.69. The number of aromatic nitrogens is 1. The van der Waals surface area contributed by atoms with Gasteiger partial charge in [-0.25, -0.2) is 0 Å². The molecule has 0 aliphatic heterocycles. The molecule has 0 fully saturated rings. The van der Waals surface area contributed by atoms with Gasteiger partial charge in [0.15, 0.2) is 0 Å². The third-order valence-electron chi connectivity index (χ3n) is 2.60. The van der Waals surface area contributed by atoms with E-state index < -0.39 is 0 Å². The summed E-state index contributed by atoms with van der Waals surface area (Å²) in [7, 11) is 0. The molecular weight excluding hydrogens is 220 g/mol. The van der Waals surface area contributed by atoms with E-state index >= 15 is 0 Å². The molecule has 2 aromatic rings. The molecule has 0 spiro atoms. The second-order valence-corrected chi connectivity index (χ2v) is 4.41. The minimum atomic E-state index is 0.0577. The summed E-state index contributed by atoms with van der Waals surface area (Å²) >= 11 is 5.85. The van der Waals surface area contributed by atoms with E-state index in [4.69, 9.17) is 17.3 Å². The maximum absolute atomic E-state index is 5.89. The number of nitrogens with zero attached hydrogens (tertiary/aromatic N) is 1. The van der Waals surface area contributed by atoms with E-state index in [-0.39, 0.29) is 6.04 Å². The maximum atomic E-state index is 5.89. The Morgan fingerprint density at radius 2 is 1.94 bits per heavy atom. The summed E-state index contributed by atoms with van der Waals surface area (Å²) in [4.78, 5) is 0. The van der Waals surface area contributed by atoms with Crippen LogP contribution in [0, 0.1) is 0 Å². The first-order valence-electron chi connectivity index (χ1n) is 5.32. The Hall–Kier alpha value is -1.25. The van der Waals surface area contributed by atoms with Crippen LogP contribution in [0.15, 0.2) is 42.6 Å². The van der Waals surface area contributed by atoms with E-state index in [1.807, 2.05) is 43.5 Å². The van der Waals surface area contributed by atoms with Crippen molar-refractivity contribution >= 4 is 11.6 Å². The SMILES string of the molecule is CC(N)c1cccn1Cc1ccc(Cl)cc1. The van der Waals surface area contributed by atoms with Crippen LogP contribution in [0.2, 0.25) is 5.02 Å². The predicted octanol–water partition coefficient (Wildman–Crippen LogP) is 3.21. The molecule has 1 aromatic carbocycles. The van der Waals surface area contributed by atoms with Gasteiger partial charge >= 0.3 is 0 Å². The van der Waals surface area contributed by atoms with Gasteiger partial charge in [0, 0.05) is 29.5 Å². The lowest BCUT2D eigenvalue weighted by Gasteiger charge is -2.12. The quantitative estimate of drug-likeness (QED) is 0.869. The molecule has 16 heavy (non-hydrogen) atoms. The molecule has 1 aromatic heterocycles. The van der Waals surface area contributed by atoms with Crippen molar-refractivity contribution in [1.29, 1.82) is 0 Å². The molecule has 0 bridgehead atoms. The molecule has 2 rings (SSSR count). The lowest BCUT2D eigenvalue weighted by Crippen LogP contribution is -2.12. The lowest BCUT2D eigenvalue weighted by atomic mass is 10.2. The van der Waals surface area contributed by atoms with Gasteiger partial charge in [0.1, 0.15) is 0 Å². The van der Waals surface area contributed by atoms with E-state index in [2.05, 4.69) is 10.6 Å². The van der Waals surface area contributed by atoms with Crippen LogP contribution >= 0.6 is 11.6 Å². The lowest BCUT2D eigenvalue weighted by molar-refractivity contribution is 0.675. The van der Waals surface area contributed by atoms with Crippen molar-refractivity contribution in [2.45, 2.75) is 19.5 Å². The fourth-order valence-electron chi connectivity index (χ4n) is 1.77. The van der Waals surface area contributed by atoms with Crippen molar-refractivity contribution in [2.75, 3.05) is 0 Å². The number of hydrogen-bond acceptors (Lipinski definition) is 1. The average molecular weight is 235 g/mol. The molecule has 1 heterocycles. The van der Waals surface area contributed by atoms with Crippen LogP contribution in [0.25, 0.3) is 0 Å². The van der Waals surface area contributed by atoms with Crippen LogP contribution in [-0.4, -0.2) is 4.57 Å². The van der Waals surface area contributed by atoms with Crippen molar-refractivity contribution in [3.8, 4) is 0 Å². The van der Waals surface area contributed by atoms with Crippen molar-refractivity contribution in [2.24, 2.45) is 5.73 Å². The van der Waals surface area contributed by atoms with Crippen LogP contribution in [-0.2, 0) is 6.54 Å². The van der Waals surface area contributed by atoms with E-state index in [0.717, 1.165) is 17.3 Å². The molecule has 0 saturated heterocycles. The molecule has 0 amide bonds. The van der Waals surface area contributed by atoms with Gasteiger partial charge in [0.05, 0.1) is 0 Å². The Morgan fingerprint density at radius 3 is 2.56 bits per heavy atom. The highest BCUT2D eigenvalue weighted by Crippen LogP contribution is 2.15. The zero-order chi connectivity index (χ0) is 11.5. The summed E-state index contributed by atoms with van der Waals surface area (Å²) in [5.41, 5.74) is 8.27. The summed E-state index contributed by atoms with van der Waals surface area (Å²) in [6.07, 6.45) is 2.05. The van der Waals surface area contributed by atoms with Crippen molar-refractivity contribution in [3.05, 3.63) is 58.9 Å². The second-order valence-electron chi connectivity index (χ2n) is 3.98. The molecule has 0 saturated carbocycles. The average Bonchev–Trinajstić information content (AvgIpc) is 2.69. The molecule has 0 aliphatic rings. The van der Waals surface area contributed by atoms with Crippen LogP contribution in [0.3, 0.4) is 0 Å². The molecule has 84 valence electrons. The van der Waals surface area contributed by atoms with Crippen molar-refractivity contribution in [1.82, 2.24) is 4.57 Å². The van der Waals surface area contributed by atoms with Crippen LogP contribution in [0.5, 0.6) is 0 Å². The molecule has 0 radical (unpaired) electrons. The minimum absolute atomic E-state index is 0.0577. The number of rotatable bonds is 3. The Labute approximate surface area is 101 Å². The molecule has 1 atom stereocenters. The van der Waals surface area contributed by atoms with E-state index in [1.54, 1.807) is 0 Å². The molecular formula is C13H15ClN2. The van der Waals surface area contributed by atoms with Crippen LogP contribution in [0.4, 0.5) is 0 Å². The Morgan fingerprint density at radius 1 is 1.25 bits per heavy atom. The van der Waals surface area contributed by atoms with E-state index in [1.165, 1.54) is 5.56 Å². The topological polar surface area (TPSA) is 30.9 Å². The first kappa shape index (κ1) is 11.2. The Kier molecular flexibility index (Phi) is 3.32. The first-order chi connectivity index (χ1) is 7.66. The zero-order valence-electron chi connectivity index (χ0n) is 9.23. The number of halogens is 1. The molecule has 1 unspecified atom stereocenters. The smallest absolute Gasteiger partial charge is 0.0473 e. The largest absolute Gasteiger partial charge is 0.346 e. The maximum Gasteiger partial charge on any atom is 0.0473 e. The van der Waals surface area contributed by atoms with Gasteiger partial charge in [-0.05, 0) is 36.8 Å². The Bertz CT molecular complexity index is 457. The minimum Gasteiger partial charge on any atom is -0.346 e. The van der Waals surface area contributed by atoms with E-state index in [0.29, 0.717) is 0 Å². The number of hydrogen-bond donors (Lipinski definition) is 1. The summed E-state index contributed by atoms with van der Waals surface area (Å²) in [6.45, 7) is 2.83. The van der Waals surface area contributed by atoms with Gasteiger partial charge in [-0.3, -0.25) is 0 Å². The second kappa shape index (κ2) is 4.73. The summed E-state index contributed by atoms with van der Waals surface area (Å²) in [5, 5.41) is 0.767. The normalized spacial score (nSPS) is 12.7. The molecule has 2 N–H and O–H groups in total. The standard InChI is InChI=1S/C13H15ClN2/c1-10(15)13-3-2-8-16(13)9-11-4-6-12(14)7-5-11/h2-8,10H,9,15H2,1H3. The highest BCUT2D eigenvalue weighted by Gasteiger charge is 2.05. The monoisotopic (exact) mass is 234 g/mol. The fourth-order valence-corrected chi connectivity index (χ4v) is 1.90. The van der Waals surface area contributed by atoms with Gasteiger partial charge in [-0.1, -0.05) is 23.7 Å². The van der Waals surface area contributed by atoms with Crippen LogP contribution in [0.1, 0.15) is 24.2 Å². The zero-order valence-corrected chi connectivity index (χ0v) is 9.98. The van der Waals surface area contributed by atoms with Crippen molar-refractivity contribution in [3.63, 3.8) is 0 Å². The van der Waals surface area contributed by atoms with Gasteiger partial charge in [-0.2, -0.15) is 0 Å². The molecule has 3 heteroatoms. The number of nitrogens with two attached hydrogens (primary N) is 1. The molecule has 2 nitrogen and oxygen atoms in total. The predicted molar refractivity (Wildman–Crippen MR) is 67.6 cm³/mol. The summed E-state index contributed by atoms with van der Waals surface area (Å²) < 4.78 is 2.16.